The normalized spacial score (nSPS) is 11.7. The number of nitrogens with one attached hydrogen (secondary N) is 1. The topological polar surface area (TPSA) is 77.8 Å². The minimum absolute atomic E-state index is 0.177. The number of methoxy groups -OCH3 is 2. The van der Waals surface area contributed by atoms with Crippen LogP contribution in [0.1, 0.15) is 21.9 Å². The summed E-state index contributed by atoms with van der Waals surface area (Å²) in [6.07, 6.45) is 0.570. The lowest BCUT2D eigenvalue weighted by Crippen LogP contribution is -2.25. The van der Waals surface area contributed by atoms with Crippen LogP contribution in [0, 0.1) is 0 Å². The Labute approximate surface area is 182 Å². The number of benzene rings is 2. The number of furan rings is 1. The first-order valence-corrected chi connectivity index (χ1v) is 10.9. The summed E-state index contributed by atoms with van der Waals surface area (Å²) in [4.78, 5) is 13.0. The molecule has 3 rings (SSSR count). The number of rotatable bonds is 9. The molecule has 0 saturated heterocycles. The first kappa shape index (κ1) is 21.9. The summed E-state index contributed by atoms with van der Waals surface area (Å²) in [7, 11) is 1.91. The van der Waals surface area contributed by atoms with E-state index < -0.39 is 10.8 Å². The minimum Gasteiger partial charge on any atom is -0.497 e. The van der Waals surface area contributed by atoms with E-state index in [4.69, 9.17) is 25.5 Å². The van der Waals surface area contributed by atoms with Gasteiger partial charge in [-0.25, -0.2) is 0 Å². The molecule has 0 spiro atoms. The quantitative estimate of drug-likeness (QED) is 0.531. The molecular weight excluding hydrogens is 426 g/mol. The second kappa shape index (κ2) is 10.3. The summed E-state index contributed by atoms with van der Waals surface area (Å²) in [5.41, 5.74) is 0.927. The number of amides is 1. The van der Waals surface area contributed by atoms with Crippen LogP contribution in [0.15, 0.2) is 63.9 Å². The Bertz CT molecular complexity index is 1030. The van der Waals surface area contributed by atoms with E-state index in [1.54, 1.807) is 50.6 Å². The predicted molar refractivity (Wildman–Crippen MR) is 116 cm³/mol. The summed E-state index contributed by atoms with van der Waals surface area (Å²) < 4.78 is 28.6. The largest absolute Gasteiger partial charge is 0.497 e. The fourth-order valence-corrected chi connectivity index (χ4v) is 4.00. The second-order valence-electron chi connectivity index (χ2n) is 6.39. The Morgan fingerprint density at radius 2 is 1.83 bits per heavy atom. The number of carbonyl (C=O) groups is 1. The van der Waals surface area contributed by atoms with Crippen molar-refractivity contribution < 1.29 is 22.9 Å². The van der Waals surface area contributed by atoms with Crippen molar-refractivity contribution in [1.29, 1.82) is 0 Å². The van der Waals surface area contributed by atoms with E-state index in [1.807, 2.05) is 18.2 Å². The van der Waals surface area contributed by atoms with Gasteiger partial charge in [-0.3, -0.25) is 9.00 Å². The van der Waals surface area contributed by atoms with Crippen LogP contribution >= 0.6 is 11.6 Å². The number of hydrogen-bond acceptors (Lipinski definition) is 5. The third-order valence-electron chi connectivity index (χ3n) is 4.40. The first-order valence-electron chi connectivity index (χ1n) is 9.22. The highest BCUT2D eigenvalue weighted by Crippen LogP contribution is 2.24. The lowest BCUT2D eigenvalue weighted by atomic mass is 10.1. The minimum atomic E-state index is -1.29. The van der Waals surface area contributed by atoms with Gasteiger partial charge >= 0.3 is 0 Å². The van der Waals surface area contributed by atoms with E-state index in [-0.39, 0.29) is 17.4 Å². The summed E-state index contributed by atoms with van der Waals surface area (Å²) in [6, 6.07) is 15.6. The molecule has 0 fully saturated rings. The maximum Gasteiger partial charge on any atom is 0.287 e. The summed E-state index contributed by atoms with van der Waals surface area (Å²) in [5.74, 6) is 1.95. The predicted octanol–water partition coefficient (Wildman–Crippen LogP) is 4.23. The molecule has 3 aromatic rings. The molecule has 0 radical (unpaired) electrons. The molecule has 0 saturated carbocycles. The molecule has 0 aliphatic rings. The number of carbonyl (C=O) groups excluding carboxylic acids is 1. The van der Waals surface area contributed by atoms with Gasteiger partial charge in [-0.15, -0.1) is 0 Å². The molecule has 30 heavy (non-hydrogen) atoms. The van der Waals surface area contributed by atoms with E-state index in [1.165, 1.54) is 0 Å². The summed E-state index contributed by atoms with van der Waals surface area (Å²) in [6.45, 7) is 0.398. The summed E-state index contributed by atoms with van der Waals surface area (Å²) >= 11 is 5.85. The molecule has 1 unspecified atom stereocenters. The smallest absolute Gasteiger partial charge is 0.287 e. The van der Waals surface area contributed by atoms with Gasteiger partial charge in [0.15, 0.2) is 5.76 Å². The van der Waals surface area contributed by atoms with Gasteiger partial charge in [0.1, 0.15) is 17.3 Å². The lowest BCUT2D eigenvalue weighted by molar-refractivity contribution is 0.0925. The zero-order valence-corrected chi connectivity index (χ0v) is 18.2. The average molecular weight is 448 g/mol. The molecule has 158 valence electrons. The van der Waals surface area contributed by atoms with E-state index in [0.717, 1.165) is 17.1 Å². The van der Waals surface area contributed by atoms with Gasteiger partial charge in [-0.2, -0.15) is 0 Å². The van der Waals surface area contributed by atoms with E-state index in [9.17, 15) is 9.00 Å². The highest BCUT2D eigenvalue weighted by Gasteiger charge is 2.14. The first-order chi connectivity index (χ1) is 14.5. The van der Waals surface area contributed by atoms with Crippen molar-refractivity contribution in [2.24, 2.45) is 0 Å². The fourth-order valence-electron chi connectivity index (χ4n) is 2.85. The molecule has 1 heterocycles. The molecule has 6 nitrogen and oxygen atoms in total. The molecule has 0 bridgehead atoms. The number of ether oxygens (including phenoxy) is 2. The molecule has 1 amide bonds. The maximum absolute atomic E-state index is 12.4. The lowest BCUT2D eigenvalue weighted by Gasteiger charge is -2.10. The van der Waals surface area contributed by atoms with Crippen molar-refractivity contribution >= 4 is 28.3 Å². The van der Waals surface area contributed by atoms with Crippen LogP contribution in [0.4, 0.5) is 0 Å². The van der Waals surface area contributed by atoms with Gasteiger partial charge in [-0.1, -0.05) is 11.6 Å². The monoisotopic (exact) mass is 447 g/mol. The van der Waals surface area contributed by atoms with Crippen LogP contribution in [-0.4, -0.2) is 30.9 Å². The number of hydrogen-bond donors (Lipinski definition) is 1. The van der Waals surface area contributed by atoms with Gasteiger partial charge in [0.05, 0.1) is 30.8 Å². The molecule has 8 heteroatoms. The van der Waals surface area contributed by atoms with Crippen LogP contribution in [0.2, 0.25) is 5.02 Å². The molecule has 0 aliphatic heterocycles. The maximum atomic E-state index is 12.4. The Balaban J connectivity index is 1.55. The zero-order chi connectivity index (χ0) is 21.5. The Morgan fingerprint density at radius 3 is 2.53 bits per heavy atom. The van der Waals surface area contributed by atoms with Crippen molar-refractivity contribution in [2.75, 3.05) is 20.8 Å². The Hall–Kier alpha value is -2.77. The molecule has 1 atom stereocenters. The molecule has 1 N–H and O–H groups in total. The third-order valence-corrected chi connectivity index (χ3v) is 6.00. The zero-order valence-electron chi connectivity index (χ0n) is 16.6. The third kappa shape index (κ3) is 5.64. The van der Waals surface area contributed by atoms with Crippen LogP contribution in [0.3, 0.4) is 0 Å². The van der Waals surface area contributed by atoms with Crippen molar-refractivity contribution in [3.8, 4) is 11.5 Å². The molecule has 0 aliphatic carbocycles. The fraction of sp³-hybridized carbons (Fsp3) is 0.227. The van der Waals surface area contributed by atoms with Gasteiger partial charge in [0, 0.05) is 16.5 Å². The van der Waals surface area contributed by atoms with Gasteiger partial charge in [0.25, 0.3) is 5.91 Å². The number of halogens is 1. The van der Waals surface area contributed by atoms with Gasteiger partial charge < -0.3 is 19.2 Å². The van der Waals surface area contributed by atoms with Crippen molar-refractivity contribution in [2.45, 2.75) is 17.1 Å². The second-order valence-corrected chi connectivity index (χ2v) is 8.28. The Morgan fingerprint density at radius 1 is 1.07 bits per heavy atom. The van der Waals surface area contributed by atoms with E-state index in [2.05, 4.69) is 5.32 Å². The highest BCUT2D eigenvalue weighted by atomic mass is 35.5. The Kier molecular flexibility index (Phi) is 7.54. The molecule has 1 aromatic heterocycles. The van der Waals surface area contributed by atoms with Crippen LogP contribution in [0.5, 0.6) is 11.5 Å². The van der Waals surface area contributed by atoms with Gasteiger partial charge in [-0.05, 0) is 66.6 Å². The van der Waals surface area contributed by atoms with Crippen molar-refractivity contribution in [3.63, 3.8) is 0 Å². The van der Waals surface area contributed by atoms with Crippen LogP contribution in [-0.2, 0) is 23.0 Å². The van der Waals surface area contributed by atoms with E-state index in [0.29, 0.717) is 28.6 Å². The van der Waals surface area contributed by atoms with Gasteiger partial charge in [0.2, 0.25) is 0 Å². The molecular formula is C22H22ClNO5S. The van der Waals surface area contributed by atoms with E-state index >= 15 is 0 Å². The standard InChI is InChI=1S/C22H22ClNO5S/c1-27-17-5-9-20(28-2)15(13-17)11-12-24-22(25)21-10-6-18(29-21)14-30(26)19-7-3-16(23)4-8-19/h3-10,13H,11-12,14H2,1-2H3,(H,24,25). The van der Waals surface area contributed by atoms with Crippen LogP contribution < -0.4 is 14.8 Å². The molecule has 2 aromatic carbocycles. The average Bonchev–Trinajstić information content (AvgIpc) is 3.22. The van der Waals surface area contributed by atoms with Crippen molar-refractivity contribution in [1.82, 2.24) is 5.32 Å². The van der Waals surface area contributed by atoms with Crippen molar-refractivity contribution in [3.05, 3.63) is 76.7 Å². The highest BCUT2D eigenvalue weighted by molar-refractivity contribution is 7.84. The SMILES string of the molecule is COc1ccc(OC)c(CCNC(=O)c2ccc(CS(=O)c3ccc(Cl)cc3)o2)c1. The summed E-state index contributed by atoms with van der Waals surface area (Å²) in [5, 5.41) is 3.40. The van der Waals surface area contributed by atoms with Crippen LogP contribution in [0.25, 0.3) is 0 Å².